The SMILES string of the molecule is CC[C@]12CCC(=O)[C@H]1O2. The molecular weight excluding hydrogens is 116 g/mol. The molecule has 0 unspecified atom stereocenters. The normalized spacial score (nSPS) is 47.2. The molecule has 0 aromatic carbocycles. The predicted molar refractivity (Wildman–Crippen MR) is 32.1 cm³/mol. The van der Waals surface area contributed by atoms with Crippen molar-refractivity contribution >= 4 is 5.78 Å². The van der Waals surface area contributed by atoms with Crippen LogP contribution >= 0.6 is 0 Å². The molecule has 1 saturated heterocycles. The fourth-order valence-corrected chi connectivity index (χ4v) is 1.66. The van der Waals surface area contributed by atoms with Crippen LogP contribution in [-0.4, -0.2) is 17.5 Å². The van der Waals surface area contributed by atoms with Gasteiger partial charge in [0, 0.05) is 6.42 Å². The molecule has 2 heteroatoms. The Hall–Kier alpha value is -0.370. The Morgan fingerprint density at radius 1 is 1.89 bits per heavy atom. The molecule has 1 saturated carbocycles. The maximum absolute atomic E-state index is 10.9. The first-order valence-corrected chi connectivity index (χ1v) is 3.49. The highest BCUT2D eigenvalue weighted by Crippen LogP contribution is 2.49. The van der Waals surface area contributed by atoms with E-state index in [1.807, 2.05) is 0 Å². The largest absolute Gasteiger partial charge is 0.358 e. The van der Waals surface area contributed by atoms with Gasteiger partial charge in [-0.2, -0.15) is 0 Å². The van der Waals surface area contributed by atoms with E-state index >= 15 is 0 Å². The average molecular weight is 126 g/mol. The van der Waals surface area contributed by atoms with Crippen LogP contribution in [0.3, 0.4) is 0 Å². The first-order valence-electron chi connectivity index (χ1n) is 3.49. The minimum Gasteiger partial charge on any atom is -0.358 e. The summed E-state index contributed by atoms with van der Waals surface area (Å²) in [5, 5.41) is 0. The molecule has 0 aromatic rings. The fourth-order valence-electron chi connectivity index (χ4n) is 1.66. The molecule has 0 bridgehead atoms. The lowest BCUT2D eigenvalue weighted by atomic mass is 10.1. The van der Waals surface area contributed by atoms with E-state index in [9.17, 15) is 4.79 Å². The number of fused-ring (bicyclic) bond motifs is 1. The van der Waals surface area contributed by atoms with Crippen LogP contribution in [0.5, 0.6) is 0 Å². The standard InChI is InChI=1S/C7H10O2/c1-2-7-4-3-5(8)6(7)9-7/h6H,2-4H2,1H3/t6-,7+/m1/s1. The zero-order valence-electron chi connectivity index (χ0n) is 5.52. The maximum Gasteiger partial charge on any atom is 0.164 e. The molecule has 0 aromatic heterocycles. The highest BCUT2D eigenvalue weighted by Gasteiger charge is 2.62. The van der Waals surface area contributed by atoms with Crippen LogP contribution in [0.15, 0.2) is 0 Å². The van der Waals surface area contributed by atoms with Crippen LogP contribution in [0.1, 0.15) is 26.2 Å². The van der Waals surface area contributed by atoms with E-state index < -0.39 is 0 Å². The second kappa shape index (κ2) is 1.37. The summed E-state index contributed by atoms with van der Waals surface area (Å²) in [6, 6.07) is 0. The van der Waals surface area contributed by atoms with Crippen molar-refractivity contribution in [3.63, 3.8) is 0 Å². The number of hydrogen-bond donors (Lipinski definition) is 0. The van der Waals surface area contributed by atoms with Crippen molar-refractivity contribution in [1.82, 2.24) is 0 Å². The van der Waals surface area contributed by atoms with Crippen LogP contribution in [0, 0.1) is 0 Å². The summed E-state index contributed by atoms with van der Waals surface area (Å²) in [6.07, 6.45) is 2.72. The summed E-state index contributed by atoms with van der Waals surface area (Å²) in [6.45, 7) is 2.08. The van der Waals surface area contributed by atoms with E-state index in [1.54, 1.807) is 0 Å². The van der Waals surface area contributed by atoms with Gasteiger partial charge >= 0.3 is 0 Å². The zero-order valence-corrected chi connectivity index (χ0v) is 5.52. The minimum atomic E-state index is 0.00231. The number of hydrogen-bond acceptors (Lipinski definition) is 2. The number of carbonyl (C=O) groups excluding carboxylic acids is 1. The Morgan fingerprint density at radius 2 is 2.67 bits per heavy atom. The maximum atomic E-state index is 10.9. The third-order valence-corrected chi connectivity index (χ3v) is 2.46. The number of Topliss-reactive ketones (excluding diaryl/α,β-unsaturated/α-hetero) is 1. The fraction of sp³-hybridized carbons (Fsp3) is 0.857. The van der Waals surface area contributed by atoms with Crippen LogP contribution in [0.2, 0.25) is 0 Å². The Balaban J connectivity index is 2.17. The van der Waals surface area contributed by atoms with Crippen LogP contribution in [0.25, 0.3) is 0 Å². The van der Waals surface area contributed by atoms with E-state index in [0.717, 1.165) is 19.3 Å². The lowest BCUT2D eigenvalue weighted by Gasteiger charge is -1.99. The van der Waals surface area contributed by atoms with Crippen molar-refractivity contribution < 1.29 is 9.53 Å². The topological polar surface area (TPSA) is 29.6 Å². The highest BCUT2D eigenvalue weighted by atomic mass is 16.6. The lowest BCUT2D eigenvalue weighted by Crippen LogP contribution is -2.07. The zero-order chi connectivity index (χ0) is 6.48. The average Bonchev–Trinajstić information content (AvgIpc) is 2.53. The van der Waals surface area contributed by atoms with Crippen molar-refractivity contribution in [3.05, 3.63) is 0 Å². The Kier molecular flexibility index (Phi) is 0.826. The van der Waals surface area contributed by atoms with Crippen LogP contribution in [0.4, 0.5) is 0 Å². The molecule has 0 spiro atoms. The van der Waals surface area contributed by atoms with Gasteiger partial charge in [0.2, 0.25) is 0 Å². The first-order chi connectivity index (χ1) is 4.28. The molecule has 1 heterocycles. The van der Waals surface area contributed by atoms with E-state index in [4.69, 9.17) is 4.74 Å². The molecule has 0 radical (unpaired) electrons. The second-order valence-corrected chi connectivity index (χ2v) is 2.88. The third kappa shape index (κ3) is 0.517. The van der Waals surface area contributed by atoms with Gasteiger partial charge in [-0.15, -0.1) is 0 Å². The molecule has 2 aliphatic rings. The van der Waals surface area contributed by atoms with Gasteiger partial charge in [-0.05, 0) is 12.8 Å². The molecule has 1 aliphatic heterocycles. The van der Waals surface area contributed by atoms with Crippen molar-refractivity contribution in [2.45, 2.75) is 37.9 Å². The number of ketones is 1. The summed E-state index contributed by atoms with van der Waals surface area (Å²) in [5.74, 6) is 0.317. The van der Waals surface area contributed by atoms with Crippen molar-refractivity contribution in [3.8, 4) is 0 Å². The summed E-state index contributed by atoms with van der Waals surface area (Å²) >= 11 is 0. The number of carbonyl (C=O) groups is 1. The lowest BCUT2D eigenvalue weighted by molar-refractivity contribution is -0.120. The molecule has 2 nitrogen and oxygen atoms in total. The summed E-state index contributed by atoms with van der Waals surface area (Å²) in [7, 11) is 0. The Bertz CT molecular complexity index is 164. The summed E-state index contributed by atoms with van der Waals surface area (Å²) in [4.78, 5) is 10.9. The smallest absolute Gasteiger partial charge is 0.164 e. The van der Waals surface area contributed by atoms with Crippen LogP contribution in [-0.2, 0) is 9.53 Å². The molecule has 9 heavy (non-hydrogen) atoms. The first kappa shape index (κ1) is 5.42. The molecule has 0 N–H and O–H groups in total. The quantitative estimate of drug-likeness (QED) is 0.488. The Morgan fingerprint density at radius 3 is 2.89 bits per heavy atom. The van der Waals surface area contributed by atoms with Gasteiger partial charge in [-0.3, -0.25) is 4.79 Å². The minimum absolute atomic E-state index is 0.00231. The monoisotopic (exact) mass is 126 g/mol. The van der Waals surface area contributed by atoms with Gasteiger partial charge in [-0.1, -0.05) is 6.92 Å². The van der Waals surface area contributed by atoms with Gasteiger partial charge < -0.3 is 4.74 Å². The molecule has 50 valence electrons. The predicted octanol–water partition coefficient (Wildman–Crippen LogP) is 0.897. The van der Waals surface area contributed by atoms with E-state index in [-0.39, 0.29) is 11.7 Å². The Labute approximate surface area is 54.2 Å². The molecule has 1 aliphatic carbocycles. The number of epoxide rings is 1. The van der Waals surface area contributed by atoms with Crippen molar-refractivity contribution in [1.29, 1.82) is 0 Å². The van der Waals surface area contributed by atoms with E-state index in [0.29, 0.717) is 5.78 Å². The summed E-state index contributed by atoms with van der Waals surface area (Å²) < 4.78 is 5.25. The molecule has 2 atom stereocenters. The van der Waals surface area contributed by atoms with Crippen molar-refractivity contribution in [2.24, 2.45) is 0 Å². The third-order valence-electron chi connectivity index (χ3n) is 2.46. The van der Waals surface area contributed by atoms with Crippen molar-refractivity contribution in [2.75, 3.05) is 0 Å². The van der Waals surface area contributed by atoms with E-state index in [1.165, 1.54) is 0 Å². The van der Waals surface area contributed by atoms with Gasteiger partial charge in [-0.25, -0.2) is 0 Å². The highest BCUT2D eigenvalue weighted by molar-refractivity contribution is 5.90. The number of ether oxygens (including phenoxy) is 1. The van der Waals surface area contributed by atoms with Gasteiger partial charge in [0.15, 0.2) is 5.78 Å². The molecule has 0 amide bonds. The molecule has 2 rings (SSSR count). The molecular formula is C7H10O2. The molecule has 2 fully saturated rings. The van der Waals surface area contributed by atoms with Gasteiger partial charge in [0.05, 0.1) is 0 Å². The second-order valence-electron chi connectivity index (χ2n) is 2.88. The van der Waals surface area contributed by atoms with Gasteiger partial charge in [0.25, 0.3) is 0 Å². The number of rotatable bonds is 1. The van der Waals surface area contributed by atoms with Gasteiger partial charge in [0.1, 0.15) is 11.7 Å². The van der Waals surface area contributed by atoms with E-state index in [2.05, 4.69) is 6.92 Å². The summed E-state index contributed by atoms with van der Waals surface area (Å²) in [5.41, 5.74) is 0.0249. The van der Waals surface area contributed by atoms with Crippen LogP contribution < -0.4 is 0 Å².